The van der Waals surface area contributed by atoms with E-state index in [1.807, 2.05) is 0 Å². The fraction of sp³-hybridized carbons (Fsp3) is 1.00. The van der Waals surface area contributed by atoms with Crippen molar-refractivity contribution in [1.29, 1.82) is 0 Å². The Labute approximate surface area is 126 Å². The van der Waals surface area contributed by atoms with Crippen molar-refractivity contribution in [3.8, 4) is 0 Å². The molecule has 0 heterocycles. The van der Waals surface area contributed by atoms with Crippen LogP contribution in [0.15, 0.2) is 0 Å². The summed E-state index contributed by atoms with van der Waals surface area (Å²) in [5.74, 6) is 0.856. The van der Waals surface area contributed by atoms with E-state index in [0.717, 1.165) is 18.8 Å². The van der Waals surface area contributed by atoms with Crippen LogP contribution < -0.4 is 5.73 Å². The molecule has 0 aromatic carbocycles. The first-order valence-electron chi connectivity index (χ1n) is 8.70. The van der Waals surface area contributed by atoms with Gasteiger partial charge in [-0.15, -0.1) is 0 Å². The van der Waals surface area contributed by atoms with Crippen LogP contribution in [-0.2, 0) is 0 Å². The molecule has 0 radical (unpaired) electrons. The van der Waals surface area contributed by atoms with Gasteiger partial charge in [0.1, 0.15) is 12.1 Å². The predicted molar refractivity (Wildman–Crippen MR) is 85.4 cm³/mol. The second kappa shape index (κ2) is 13.8. The average Bonchev–Trinajstić information content (AvgIpc) is 2.43. The van der Waals surface area contributed by atoms with Crippen molar-refractivity contribution in [1.82, 2.24) is 0 Å². The van der Waals surface area contributed by atoms with Crippen LogP contribution in [0.25, 0.3) is 0 Å². The van der Waals surface area contributed by atoms with E-state index in [9.17, 15) is 5.11 Å². The van der Waals surface area contributed by atoms with E-state index < -0.39 is 6.10 Å². The molecule has 3 heteroatoms. The molecule has 0 spiro atoms. The molecule has 0 aliphatic carbocycles. The Morgan fingerprint density at radius 2 is 1.15 bits per heavy atom. The third-order valence-electron chi connectivity index (χ3n) is 4.06. The second-order valence-electron chi connectivity index (χ2n) is 6.66. The third-order valence-corrected chi connectivity index (χ3v) is 4.06. The fourth-order valence-electron chi connectivity index (χ4n) is 2.50. The molecule has 0 aromatic heterocycles. The number of quaternary nitrogens is 1. The molecular formula is C17H38NO2+. The van der Waals surface area contributed by atoms with E-state index in [1.165, 1.54) is 57.8 Å². The number of unbranched alkanes of at least 4 members (excludes halogenated alkanes) is 8. The molecule has 0 rings (SSSR count). The number of aliphatic hydroxyl groups excluding tert-OH is 2. The maximum absolute atomic E-state index is 9.66. The SMILES string of the molecule is CC(C)CCCCCCCCCCC[C@@H](O)[C@@H]([NH3+])CO. The van der Waals surface area contributed by atoms with Gasteiger partial charge >= 0.3 is 0 Å². The minimum atomic E-state index is -0.430. The lowest BCUT2D eigenvalue weighted by Crippen LogP contribution is -2.68. The molecule has 0 aliphatic heterocycles. The quantitative estimate of drug-likeness (QED) is 0.430. The Balaban J connectivity index is 3.13. The number of hydrogen-bond acceptors (Lipinski definition) is 2. The number of aliphatic hydroxyl groups is 2. The van der Waals surface area contributed by atoms with Crippen molar-refractivity contribution in [3.63, 3.8) is 0 Å². The van der Waals surface area contributed by atoms with Gasteiger partial charge in [-0.2, -0.15) is 0 Å². The van der Waals surface area contributed by atoms with Crippen molar-refractivity contribution >= 4 is 0 Å². The van der Waals surface area contributed by atoms with Crippen molar-refractivity contribution in [2.75, 3.05) is 6.61 Å². The van der Waals surface area contributed by atoms with Crippen molar-refractivity contribution in [3.05, 3.63) is 0 Å². The first kappa shape index (κ1) is 19.9. The summed E-state index contributed by atoms with van der Waals surface area (Å²) in [7, 11) is 0. The summed E-state index contributed by atoms with van der Waals surface area (Å²) in [5, 5.41) is 18.5. The zero-order valence-corrected chi connectivity index (χ0v) is 13.8. The summed E-state index contributed by atoms with van der Waals surface area (Å²) in [6, 6.07) is -0.221. The van der Waals surface area contributed by atoms with Gasteiger partial charge in [0.15, 0.2) is 0 Å². The average molecular weight is 288 g/mol. The van der Waals surface area contributed by atoms with Crippen LogP contribution in [0.2, 0.25) is 0 Å². The van der Waals surface area contributed by atoms with Crippen LogP contribution in [0.5, 0.6) is 0 Å². The Kier molecular flexibility index (Phi) is 13.8. The van der Waals surface area contributed by atoms with E-state index in [4.69, 9.17) is 5.11 Å². The lowest BCUT2D eigenvalue weighted by Gasteiger charge is -2.13. The highest BCUT2D eigenvalue weighted by molar-refractivity contribution is 4.64. The molecule has 0 aliphatic rings. The minimum Gasteiger partial charge on any atom is -0.390 e. The predicted octanol–water partition coefficient (Wildman–Crippen LogP) is 2.90. The molecule has 2 atom stereocenters. The van der Waals surface area contributed by atoms with E-state index in [0.29, 0.717) is 0 Å². The zero-order chi connectivity index (χ0) is 15.2. The van der Waals surface area contributed by atoms with Gasteiger partial charge in [0.25, 0.3) is 0 Å². The molecule has 0 aromatic rings. The molecule has 0 unspecified atom stereocenters. The normalized spacial score (nSPS) is 14.7. The summed E-state index contributed by atoms with van der Waals surface area (Å²) >= 11 is 0. The molecule has 0 saturated heterocycles. The third kappa shape index (κ3) is 12.9. The van der Waals surface area contributed by atoms with E-state index in [2.05, 4.69) is 19.6 Å². The van der Waals surface area contributed by atoms with Gasteiger partial charge in [0.2, 0.25) is 0 Å². The monoisotopic (exact) mass is 288 g/mol. The molecule has 3 nitrogen and oxygen atoms in total. The molecule has 122 valence electrons. The molecular weight excluding hydrogens is 250 g/mol. The number of rotatable bonds is 14. The van der Waals surface area contributed by atoms with E-state index in [-0.39, 0.29) is 12.6 Å². The zero-order valence-electron chi connectivity index (χ0n) is 13.8. The fourth-order valence-corrected chi connectivity index (χ4v) is 2.50. The van der Waals surface area contributed by atoms with Gasteiger partial charge in [-0.1, -0.05) is 78.1 Å². The molecule has 20 heavy (non-hydrogen) atoms. The topological polar surface area (TPSA) is 68.1 Å². The van der Waals surface area contributed by atoms with Gasteiger partial charge in [-0.25, -0.2) is 0 Å². The van der Waals surface area contributed by atoms with Crippen LogP contribution in [-0.4, -0.2) is 29.0 Å². The number of hydrogen-bond donors (Lipinski definition) is 3. The van der Waals surface area contributed by atoms with Crippen LogP contribution in [0.1, 0.15) is 84.5 Å². The van der Waals surface area contributed by atoms with Crippen LogP contribution in [0, 0.1) is 5.92 Å². The Bertz CT molecular complexity index is 197. The van der Waals surface area contributed by atoms with Crippen molar-refractivity contribution in [2.45, 2.75) is 96.6 Å². The second-order valence-corrected chi connectivity index (χ2v) is 6.66. The first-order chi connectivity index (χ1) is 9.57. The Hall–Kier alpha value is -0.120. The minimum absolute atomic E-state index is 0.0159. The van der Waals surface area contributed by atoms with Gasteiger partial charge < -0.3 is 15.9 Å². The van der Waals surface area contributed by atoms with Gasteiger partial charge in [0.05, 0.1) is 6.61 Å². The van der Waals surface area contributed by atoms with Crippen LogP contribution in [0.3, 0.4) is 0 Å². The lowest BCUT2D eigenvalue weighted by molar-refractivity contribution is -0.443. The molecule has 0 amide bonds. The van der Waals surface area contributed by atoms with Crippen molar-refractivity contribution in [2.24, 2.45) is 5.92 Å². The summed E-state index contributed by atoms with van der Waals surface area (Å²) < 4.78 is 0. The molecule has 0 saturated carbocycles. The summed E-state index contributed by atoms with van der Waals surface area (Å²) in [5.41, 5.74) is 3.73. The smallest absolute Gasteiger partial charge is 0.134 e. The highest BCUT2D eigenvalue weighted by Crippen LogP contribution is 2.13. The summed E-state index contributed by atoms with van der Waals surface area (Å²) in [6.07, 6.45) is 13.5. The maximum atomic E-state index is 9.66. The molecule has 5 N–H and O–H groups in total. The van der Waals surface area contributed by atoms with Gasteiger partial charge in [-0.05, 0) is 12.3 Å². The first-order valence-corrected chi connectivity index (χ1v) is 8.70. The van der Waals surface area contributed by atoms with E-state index in [1.54, 1.807) is 0 Å². The highest BCUT2D eigenvalue weighted by Gasteiger charge is 2.15. The lowest BCUT2D eigenvalue weighted by atomic mass is 10.0. The van der Waals surface area contributed by atoms with Gasteiger partial charge in [-0.3, -0.25) is 0 Å². The largest absolute Gasteiger partial charge is 0.390 e. The van der Waals surface area contributed by atoms with Crippen LogP contribution >= 0.6 is 0 Å². The molecule has 0 fully saturated rings. The molecule has 0 bridgehead atoms. The highest BCUT2D eigenvalue weighted by atomic mass is 16.3. The van der Waals surface area contributed by atoms with Crippen LogP contribution in [0.4, 0.5) is 0 Å². The summed E-state index contributed by atoms with van der Waals surface area (Å²) in [6.45, 7) is 4.58. The standard InChI is InChI=1S/C17H37NO2/c1-15(2)12-10-8-6-4-3-5-7-9-11-13-17(20)16(18)14-19/h15-17,19-20H,3-14,18H2,1-2H3/p+1/t16-,17+/m0/s1. The van der Waals surface area contributed by atoms with Gasteiger partial charge in [0, 0.05) is 0 Å². The van der Waals surface area contributed by atoms with Crippen molar-refractivity contribution < 1.29 is 15.9 Å². The Morgan fingerprint density at radius 3 is 1.55 bits per heavy atom. The Morgan fingerprint density at radius 1 is 0.750 bits per heavy atom. The summed E-state index contributed by atoms with van der Waals surface area (Å²) in [4.78, 5) is 0. The van der Waals surface area contributed by atoms with E-state index >= 15 is 0 Å². The maximum Gasteiger partial charge on any atom is 0.134 e.